The van der Waals surface area contributed by atoms with Gasteiger partial charge in [0.15, 0.2) is 17.7 Å². The number of nitrogens with zero attached hydrogens (tertiary/aromatic N) is 1. The summed E-state index contributed by atoms with van der Waals surface area (Å²) in [5, 5.41) is 6.89. The van der Waals surface area contributed by atoms with Gasteiger partial charge in [-0.15, -0.1) is 22.7 Å². The van der Waals surface area contributed by atoms with Crippen LogP contribution in [0.5, 0.6) is 0 Å². The molecule has 0 aliphatic carbocycles. The summed E-state index contributed by atoms with van der Waals surface area (Å²) in [6.07, 6.45) is -1.16. The lowest BCUT2D eigenvalue weighted by atomic mass is 10.2. The van der Waals surface area contributed by atoms with E-state index in [0.717, 1.165) is 22.0 Å². The zero-order valence-electron chi connectivity index (χ0n) is 14.1. The Labute approximate surface area is 161 Å². The van der Waals surface area contributed by atoms with E-state index in [4.69, 9.17) is 4.74 Å². The van der Waals surface area contributed by atoms with Crippen LogP contribution in [0.15, 0.2) is 41.1 Å². The molecule has 1 amide bonds. The molecule has 2 aromatic heterocycles. The van der Waals surface area contributed by atoms with Crippen molar-refractivity contribution < 1.29 is 23.1 Å². The second kappa shape index (κ2) is 8.36. The fraction of sp³-hybridized carbons (Fsp3) is 0.167. The van der Waals surface area contributed by atoms with Gasteiger partial charge in [-0.2, -0.15) is 0 Å². The summed E-state index contributed by atoms with van der Waals surface area (Å²) < 4.78 is 31.2. The summed E-state index contributed by atoms with van der Waals surface area (Å²) in [5.41, 5.74) is 0.628. The topological polar surface area (TPSA) is 68.3 Å². The minimum absolute atomic E-state index is 0.0648. The highest BCUT2D eigenvalue weighted by Crippen LogP contribution is 2.28. The van der Waals surface area contributed by atoms with Crippen LogP contribution < -0.4 is 5.32 Å². The second-order valence-corrected chi connectivity index (χ2v) is 7.35. The molecule has 3 rings (SSSR count). The van der Waals surface area contributed by atoms with Crippen molar-refractivity contribution in [1.29, 1.82) is 0 Å². The van der Waals surface area contributed by atoms with Gasteiger partial charge in [-0.25, -0.2) is 13.8 Å². The maximum atomic E-state index is 13.2. The molecule has 3 aromatic rings. The molecular formula is C18H14F2N2O3S2. The average Bonchev–Trinajstić information content (AvgIpc) is 3.29. The van der Waals surface area contributed by atoms with Crippen LogP contribution >= 0.6 is 22.7 Å². The summed E-state index contributed by atoms with van der Waals surface area (Å²) in [7, 11) is 0. The van der Waals surface area contributed by atoms with Crippen molar-refractivity contribution in [2.24, 2.45) is 0 Å². The Morgan fingerprint density at radius 3 is 2.74 bits per heavy atom. The summed E-state index contributed by atoms with van der Waals surface area (Å²) >= 11 is 2.98. The van der Waals surface area contributed by atoms with E-state index < -0.39 is 29.6 Å². The number of hydrogen-bond donors (Lipinski definition) is 1. The average molecular weight is 408 g/mol. The quantitative estimate of drug-likeness (QED) is 0.619. The molecule has 2 heterocycles. The number of halogens is 2. The summed E-state index contributed by atoms with van der Waals surface area (Å²) in [6, 6.07) is 6.82. The number of amides is 1. The van der Waals surface area contributed by atoms with Gasteiger partial charge in [0, 0.05) is 17.1 Å². The molecule has 0 aliphatic heterocycles. The largest absolute Gasteiger partial charge is 0.452 e. The molecule has 0 unspecified atom stereocenters. The number of thiophene rings is 1. The van der Waals surface area contributed by atoms with Crippen LogP contribution in [0.3, 0.4) is 0 Å². The molecule has 9 heteroatoms. The lowest BCUT2D eigenvalue weighted by Gasteiger charge is -2.13. The third-order valence-corrected chi connectivity index (χ3v) is 5.40. The maximum Gasteiger partial charge on any atom is 0.312 e. The van der Waals surface area contributed by atoms with Gasteiger partial charge in [0.25, 0.3) is 5.91 Å². The van der Waals surface area contributed by atoms with Gasteiger partial charge in [-0.1, -0.05) is 6.07 Å². The van der Waals surface area contributed by atoms with Crippen molar-refractivity contribution in [3.05, 3.63) is 58.4 Å². The van der Waals surface area contributed by atoms with Gasteiger partial charge >= 0.3 is 5.97 Å². The van der Waals surface area contributed by atoms with E-state index in [9.17, 15) is 18.4 Å². The van der Waals surface area contributed by atoms with Crippen LogP contribution in [-0.4, -0.2) is 23.0 Å². The van der Waals surface area contributed by atoms with Crippen LogP contribution in [0.2, 0.25) is 0 Å². The van der Waals surface area contributed by atoms with Crippen molar-refractivity contribution in [1.82, 2.24) is 4.98 Å². The maximum absolute atomic E-state index is 13.2. The minimum Gasteiger partial charge on any atom is -0.452 e. The number of carbonyl (C=O) groups is 2. The van der Waals surface area contributed by atoms with Crippen LogP contribution in [0.1, 0.15) is 12.6 Å². The highest BCUT2D eigenvalue weighted by molar-refractivity contribution is 7.20. The number of rotatable bonds is 6. The molecule has 1 aromatic carbocycles. The van der Waals surface area contributed by atoms with Gasteiger partial charge < -0.3 is 10.1 Å². The Bertz CT molecular complexity index is 957. The summed E-state index contributed by atoms with van der Waals surface area (Å²) in [6.45, 7) is 1.39. The van der Waals surface area contributed by atoms with E-state index >= 15 is 0 Å². The molecule has 0 saturated carbocycles. The molecule has 0 spiro atoms. The molecule has 0 aliphatic rings. The molecule has 1 N–H and O–H groups in total. The lowest BCUT2D eigenvalue weighted by molar-refractivity contribution is -0.152. The monoisotopic (exact) mass is 408 g/mol. The zero-order valence-corrected chi connectivity index (χ0v) is 15.7. The number of thiazole rings is 1. The Kier molecular flexibility index (Phi) is 5.92. The molecule has 0 radical (unpaired) electrons. The Morgan fingerprint density at radius 2 is 2.04 bits per heavy atom. The van der Waals surface area contributed by atoms with Crippen molar-refractivity contribution in [3.8, 4) is 9.88 Å². The fourth-order valence-corrected chi connectivity index (χ4v) is 3.79. The van der Waals surface area contributed by atoms with E-state index in [0.29, 0.717) is 5.69 Å². The van der Waals surface area contributed by atoms with Crippen LogP contribution in [0, 0.1) is 11.6 Å². The lowest BCUT2D eigenvalue weighted by Crippen LogP contribution is -2.30. The highest BCUT2D eigenvalue weighted by Gasteiger charge is 2.19. The van der Waals surface area contributed by atoms with E-state index in [2.05, 4.69) is 10.3 Å². The number of benzene rings is 1. The molecule has 0 bridgehead atoms. The molecule has 0 saturated heterocycles. The van der Waals surface area contributed by atoms with E-state index in [1.807, 2.05) is 17.5 Å². The standard InChI is InChI=1S/C18H14F2N2O3S2/c1-10(17(24)21-11-4-5-13(19)14(20)7-11)25-16(23)8-12-9-27-18(22-12)15-3-2-6-26-15/h2-7,9-10H,8H2,1H3,(H,21,24)/t10-/m1/s1. The minimum atomic E-state index is -1.10. The van der Waals surface area contributed by atoms with E-state index in [-0.39, 0.29) is 12.1 Å². The summed E-state index contributed by atoms with van der Waals surface area (Å²) in [4.78, 5) is 29.5. The van der Waals surface area contributed by atoms with E-state index in [1.165, 1.54) is 24.3 Å². The Balaban J connectivity index is 1.53. The first-order chi connectivity index (χ1) is 12.9. The van der Waals surface area contributed by atoms with Crippen molar-refractivity contribution in [2.45, 2.75) is 19.4 Å². The third kappa shape index (κ3) is 4.95. The van der Waals surface area contributed by atoms with Crippen molar-refractivity contribution in [3.63, 3.8) is 0 Å². The predicted octanol–water partition coefficient (Wildman–Crippen LogP) is 4.26. The fourth-order valence-electron chi connectivity index (χ4n) is 2.16. The van der Waals surface area contributed by atoms with Gasteiger partial charge in [-0.3, -0.25) is 9.59 Å². The highest BCUT2D eigenvalue weighted by atomic mass is 32.1. The first-order valence-electron chi connectivity index (χ1n) is 7.86. The Morgan fingerprint density at radius 1 is 1.22 bits per heavy atom. The molecule has 1 atom stereocenters. The number of hydrogen-bond acceptors (Lipinski definition) is 6. The normalized spacial score (nSPS) is 11.8. The Hall–Kier alpha value is -2.65. The molecule has 0 fully saturated rings. The molecule has 140 valence electrons. The third-order valence-electron chi connectivity index (χ3n) is 3.47. The van der Waals surface area contributed by atoms with Crippen LogP contribution in [0.25, 0.3) is 9.88 Å². The van der Waals surface area contributed by atoms with Gasteiger partial charge in [0.2, 0.25) is 0 Å². The number of anilines is 1. The predicted molar refractivity (Wildman–Crippen MR) is 99.7 cm³/mol. The van der Waals surface area contributed by atoms with Crippen LogP contribution in [0.4, 0.5) is 14.5 Å². The first-order valence-corrected chi connectivity index (χ1v) is 9.62. The molecule has 5 nitrogen and oxygen atoms in total. The number of nitrogens with one attached hydrogen (secondary N) is 1. The SMILES string of the molecule is C[C@@H](OC(=O)Cc1csc(-c2cccs2)n1)C(=O)Nc1ccc(F)c(F)c1. The first kappa shape index (κ1) is 19.1. The smallest absolute Gasteiger partial charge is 0.312 e. The number of carbonyl (C=O) groups excluding carboxylic acids is 2. The second-order valence-electron chi connectivity index (χ2n) is 5.55. The zero-order chi connectivity index (χ0) is 19.4. The molecule has 27 heavy (non-hydrogen) atoms. The number of ether oxygens (including phenoxy) is 1. The summed E-state index contributed by atoms with van der Waals surface area (Å²) in [5.74, 6) is -3.35. The van der Waals surface area contributed by atoms with Gasteiger partial charge in [0.1, 0.15) is 5.01 Å². The van der Waals surface area contributed by atoms with E-state index in [1.54, 1.807) is 16.7 Å². The number of esters is 1. The van der Waals surface area contributed by atoms with Crippen molar-refractivity contribution in [2.75, 3.05) is 5.32 Å². The van der Waals surface area contributed by atoms with Crippen LogP contribution in [-0.2, 0) is 20.7 Å². The molecular weight excluding hydrogens is 394 g/mol. The van der Waals surface area contributed by atoms with Gasteiger partial charge in [0.05, 0.1) is 17.0 Å². The van der Waals surface area contributed by atoms with Crippen molar-refractivity contribution >= 4 is 40.2 Å². The van der Waals surface area contributed by atoms with Gasteiger partial charge in [-0.05, 0) is 30.5 Å². The number of aromatic nitrogens is 1.